The molecular formula is C15H18ClN3O2. The zero-order valence-corrected chi connectivity index (χ0v) is 13.3. The van der Waals surface area contributed by atoms with E-state index in [1.54, 1.807) is 19.2 Å². The fraction of sp³-hybridized carbons (Fsp3) is 0.333. The molecule has 0 bridgehead atoms. The molecule has 0 atom stereocenters. The van der Waals surface area contributed by atoms with E-state index in [4.69, 9.17) is 26.8 Å². The van der Waals surface area contributed by atoms with Gasteiger partial charge in [0.1, 0.15) is 5.82 Å². The van der Waals surface area contributed by atoms with E-state index in [1.165, 1.54) is 7.11 Å². The molecule has 0 saturated carbocycles. The number of hydrogen-bond donors (Lipinski definition) is 1. The second-order valence-corrected chi connectivity index (χ2v) is 4.95. The smallest absolute Gasteiger partial charge is 0.179 e. The van der Waals surface area contributed by atoms with Crippen molar-refractivity contribution in [1.29, 1.82) is 0 Å². The predicted molar refractivity (Wildman–Crippen MR) is 84.1 cm³/mol. The van der Waals surface area contributed by atoms with E-state index < -0.39 is 0 Å². The molecule has 0 unspecified atom stereocenters. The fourth-order valence-corrected chi connectivity index (χ4v) is 2.52. The summed E-state index contributed by atoms with van der Waals surface area (Å²) in [5.74, 6) is 2.02. The van der Waals surface area contributed by atoms with Gasteiger partial charge in [-0.3, -0.25) is 0 Å². The monoisotopic (exact) mass is 307 g/mol. The van der Waals surface area contributed by atoms with Crippen LogP contribution in [0.25, 0.3) is 11.4 Å². The number of anilines is 1. The number of aryl methyl sites for hydroxylation is 1. The third-order valence-electron chi connectivity index (χ3n) is 3.29. The third kappa shape index (κ3) is 2.88. The Morgan fingerprint density at radius 3 is 2.43 bits per heavy atom. The maximum Gasteiger partial charge on any atom is 0.179 e. The third-order valence-corrected chi connectivity index (χ3v) is 3.57. The van der Waals surface area contributed by atoms with Gasteiger partial charge in [-0.25, -0.2) is 9.97 Å². The van der Waals surface area contributed by atoms with Crippen molar-refractivity contribution >= 4 is 17.4 Å². The van der Waals surface area contributed by atoms with Gasteiger partial charge in [0.25, 0.3) is 0 Å². The van der Waals surface area contributed by atoms with Gasteiger partial charge in [0.05, 0.1) is 19.2 Å². The molecule has 2 aromatic rings. The maximum absolute atomic E-state index is 6.21. The molecule has 1 heterocycles. The van der Waals surface area contributed by atoms with Gasteiger partial charge in [-0.05, 0) is 25.5 Å². The van der Waals surface area contributed by atoms with Crippen LogP contribution >= 0.6 is 11.6 Å². The Labute approximate surface area is 129 Å². The predicted octanol–water partition coefficient (Wildman–Crippen LogP) is 3.27. The second-order valence-electron chi connectivity index (χ2n) is 4.54. The van der Waals surface area contributed by atoms with Gasteiger partial charge in [-0.15, -0.1) is 0 Å². The molecule has 5 nitrogen and oxygen atoms in total. The lowest BCUT2D eigenvalue weighted by Crippen LogP contribution is -2.04. The van der Waals surface area contributed by atoms with Crippen LogP contribution in [0, 0.1) is 6.92 Å². The molecule has 2 N–H and O–H groups in total. The highest BCUT2D eigenvalue weighted by molar-refractivity contribution is 6.32. The summed E-state index contributed by atoms with van der Waals surface area (Å²) in [7, 11) is 3.09. The molecule has 0 fully saturated rings. The summed E-state index contributed by atoms with van der Waals surface area (Å²) in [6, 6.07) is 3.52. The van der Waals surface area contributed by atoms with E-state index in [2.05, 4.69) is 9.97 Å². The van der Waals surface area contributed by atoms with Gasteiger partial charge in [0, 0.05) is 16.8 Å². The number of aromatic nitrogens is 2. The maximum atomic E-state index is 6.21. The molecule has 2 rings (SSSR count). The van der Waals surface area contributed by atoms with Crippen molar-refractivity contribution in [2.24, 2.45) is 0 Å². The van der Waals surface area contributed by atoms with E-state index in [-0.39, 0.29) is 0 Å². The highest BCUT2D eigenvalue weighted by atomic mass is 35.5. The molecule has 1 aromatic carbocycles. The summed E-state index contributed by atoms with van der Waals surface area (Å²) < 4.78 is 10.5. The number of ether oxygens (including phenoxy) is 2. The van der Waals surface area contributed by atoms with Crippen molar-refractivity contribution in [2.45, 2.75) is 20.3 Å². The number of nitrogen functional groups attached to an aromatic ring is 1. The quantitative estimate of drug-likeness (QED) is 0.938. The lowest BCUT2D eigenvalue weighted by Gasteiger charge is -2.13. The van der Waals surface area contributed by atoms with Crippen molar-refractivity contribution in [2.75, 3.05) is 20.0 Å². The molecule has 0 amide bonds. The first-order chi connectivity index (χ1) is 10.0. The van der Waals surface area contributed by atoms with E-state index in [1.807, 2.05) is 13.8 Å². The van der Waals surface area contributed by atoms with Crippen molar-refractivity contribution in [3.8, 4) is 22.9 Å². The van der Waals surface area contributed by atoms with Crippen LogP contribution in [0.5, 0.6) is 11.5 Å². The second kappa shape index (κ2) is 6.18. The molecule has 0 aliphatic rings. The van der Waals surface area contributed by atoms with Crippen molar-refractivity contribution in [3.05, 3.63) is 28.4 Å². The topological polar surface area (TPSA) is 70.3 Å². The largest absolute Gasteiger partial charge is 0.493 e. The summed E-state index contributed by atoms with van der Waals surface area (Å²) in [5.41, 5.74) is 8.56. The van der Waals surface area contributed by atoms with Crippen molar-refractivity contribution in [3.63, 3.8) is 0 Å². The van der Waals surface area contributed by atoms with Crippen LogP contribution in [-0.2, 0) is 6.42 Å². The number of nitrogens with two attached hydrogens (primary N) is 1. The minimum atomic E-state index is 0.436. The number of rotatable bonds is 4. The molecule has 0 aliphatic heterocycles. The molecule has 0 radical (unpaired) electrons. The molecular weight excluding hydrogens is 290 g/mol. The van der Waals surface area contributed by atoms with Crippen LogP contribution in [0.4, 0.5) is 5.82 Å². The van der Waals surface area contributed by atoms with E-state index in [9.17, 15) is 0 Å². The zero-order valence-electron chi connectivity index (χ0n) is 12.5. The minimum Gasteiger partial charge on any atom is -0.493 e. The molecule has 0 aliphatic carbocycles. The summed E-state index contributed by atoms with van der Waals surface area (Å²) in [6.45, 7) is 3.94. The lowest BCUT2D eigenvalue weighted by molar-refractivity contribution is 0.355. The fourth-order valence-electron chi connectivity index (χ4n) is 2.23. The van der Waals surface area contributed by atoms with E-state index in [0.717, 1.165) is 23.2 Å². The molecule has 112 valence electrons. The van der Waals surface area contributed by atoms with Gasteiger partial charge in [0.15, 0.2) is 17.3 Å². The summed E-state index contributed by atoms with van der Waals surface area (Å²) in [4.78, 5) is 8.86. The normalized spacial score (nSPS) is 10.5. The highest BCUT2D eigenvalue weighted by Crippen LogP contribution is 2.38. The summed E-state index contributed by atoms with van der Waals surface area (Å²) >= 11 is 6.21. The Balaban J connectivity index is 2.60. The first kappa shape index (κ1) is 15.4. The molecule has 0 spiro atoms. The van der Waals surface area contributed by atoms with Gasteiger partial charge in [-0.1, -0.05) is 18.5 Å². The number of benzene rings is 1. The molecule has 0 saturated heterocycles. The van der Waals surface area contributed by atoms with Crippen LogP contribution in [0.15, 0.2) is 12.1 Å². The number of nitrogens with zero attached hydrogens (tertiary/aromatic N) is 2. The molecule has 21 heavy (non-hydrogen) atoms. The molecule has 6 heteroatoms. The van der Waals surface area contributed by atoms with Crippen LogP contribution in [-0.4, -0.2) is 24.2 Å². The standard InChI is InChI=1S/C15H18ClN3O2/c1-5-10-8(2)18-15(19-14(10)17)9-6-11(16)13(21-4)12(7-9)20-3/h6-7H,5H2,1-4H3,(H2,17,18,19). The van der Waals surface area contributed by atoms with Crippen LogP contribution in [0.3, 0.4) is 0 Å². The lowest BCUT2D eigenvalue weighted by atomic mass is 10.1. The number of halogens is 1. The Kier molecular flexibility index (Phi) is 4.53. The van der Waals surface area contributed by atoms with Crippen LogP contribution < -0.4 is 15.2 Å². The SMILES string of the molecule is CCc1c(C)nc(-c2cc(Cl)c(OC)c(OC)c2)nc1N. The average Bonchev–Trinajstić information content (AvgIpc) is 2.45. The van der Waals surface area contributed by atoms with Gasteiger partial charge < -0.3 is 15.2 Å². The Hall–Kier alpha value is -2.01. The van der Waals surface area contributed by atoms with Crippen LogP contribution in [0.2, 0.25) is 5.02 Å². The van der Waals surface area contributed by atoms with E-state index in [0.29, 0.717) is 28.2 Å². The molecule has 1 aromatic heterocycles. The van der Waals surface area contributed by atoms with E-state index >= 15 is 0 Å². The summed E-state index contributed by atoms with van der Waals surface area (Å²) in [6.07, 6.45) is 0.796. The van der Waals surface area contributed by atoms with Gasteiger partial charge >= 0.3 is 0 Å². The Morgan fingerprint density at radius 2 is 1.90 bits per heavy atom. The van der Waals surface area contributed by atoms with Crippen LogP contribution in [0.1, 0.15) is 18.2 Å². The minimum absolute atomic E-state index is 0.436. The number of methoxy groups -OCH3 is 2. The first-order valence-electron chi connectivity index (χ1n) is 6.56. The van der Waals surface area contributed by atoms with Gasteiger partial charge in [0.2, 0.25) is 0 Å². The highest BCUT2D eigenvalue weighted by Gasteiger charge is 2.15. The summed E-state index contributed by atoms with van der Waals surface area (Å²) in [5, 5.41) is 0.436. The average molecular weight is 308 g/mol. The zero-order chi connectivity index (χ0) is 15.6. The first-order valence-corrected chi connectivity index (χ1v) is 6.94. The van der Waals surface area contributed by atoms with Gasteiger partial charge in [-0.2, -0.15) is 0 Å². The number of hydrogen-bond acceptors (Lipinski definition) is 5. The van der Waals surface area contributed by atoms with Crippen molar-refractivity contribution < 1.29 is 9.47 Å². The Bertz CT molecular complexity index is 651. The van der Waals surface area contributed by atoms with Crippen molar-refractivity contribution in [1.82, 2.24) is 9.97 Å². The Morgan fingerprint density at radius 1 is 1.19 bits per heavy atom.